The van der Waals surface area contributed by atoms with Gasteiger partial charge in [-0.3, -0.25) is 0 Å². The number of ether oxygens (including phenoxy) is 2. The fraction of sp³-hybridized carbons (Fsp3) is 0.480. The molecule has 0 aromatic heterocycles. The lowest BCUT2D eigenvalue weighted by Crippen LogP contribution is -2.19. The highest BCUT2D eigenvalue weighted by molar-refractivity contribution is 5.84. The second kappa shape index (κ2) is 7.17. The zero-order valence-corrected chi connectivity index (χ0v) is 17.2. The fourth-order valence-corrected chi connectivity index (χ4v) is 4.64. The first-order chi connectivity index (χ1) is 14.0. The number of benzene rings is 2. The summed E-state index contributed by atoms with van der Waals surface area (Å²) in [5.74, 6) is 0.600. The molecule has 2 aromatic carbocycles. The van der Waals surface area contributed by atoms with E-state index in [9.17, 15) is 9.90 Å². The molecule has 3 aliphatic rings. The Morgan fingerprint density at radius 1 is 1.14 bits per heavy atom. The summed E-state index contributed by atoms with van der Waals surface area (Å²) in [5.41, 5.74) is 7.81. The van der Waals surface area contributed by atoms with E-state index in [2.05, 4.69) is 31.2 Å². The number of carboxylic acid groups (broad SMARTS) is 1. The monoisotopic (exact) mass is 392 g/mol. The molecule has 2 fully saturated rings. The van der Waals surface area contributed by atoms with Crippen LogP contribution in [0.3, 0.4) is 0 Å². The zero-order chi connectivity index (χ0) is 20.1. The summed E-state index contributed by atoms with van der Waals surface area (Å²) in [7, 11) is 0. The molecule has 29 heavy (non-hydrogen) atoms. The molecular weight excluding hydrogens is 364 g/mol. The summed E-state index contributed by atoms with van der Waals surface area (Å²) in [6.07, 6.45) is 5.44. The van der Waals surface area contributed by atoms with Crippen LogP contribution >= 0.6 is 0 Å². The first-order valence-electron chi connectivity index (χ1n) is 10.8. The van der Waals surface area contributed by atoms with E-state index in [1.54, 1.807) is 0 Å². The number of carbonyl (C=O) groups is 1. The van der Waals surface area contributed by atoms with Crippen LogP contribution in [0.4, 0.5) is 0 Å². The van der Waals surface area contributed by atoms with Crippen molar-refractivity contribution in [3.63, 3.8) is 0 Å². The second-order valence-electron chi connectivity index (χ2n) is 8.76. The summed E-state index contributed by atoms with van der Waals surface area (Å²) < 4.78 is 11.9. The topological polar surface area (TPSA) is 55.8 Å². The summed E-state index contributed by atoms with van der Waals surface area (Å²) in [5, 5.41) is 10.1. The fourth-order valence-electron chi connectivity index (χ4n) is 4.64. The van der Waals surface area contributed by atoms with Crippen LogP contribution < -0.4 is 4.74 Å². The first kappa shape index (κ1) is 18.7. The van der Waals surface area contributed by atoms with Crippen molar-refractivity contribution in [2.75, 3.05) is 6.61 Å². The van der Waals surface area contributed by atoms with Crippen LogP contribution in [0.2, 0.25) is 0 Å². The Hall–Kier alpha value is -2.33. The maximum absolute atomic E-state index is 12.3. The molecule has 2 saturated carbocycles. The Labute approximate surface area is 171 Å². The van der Waals surface area contributed by atoms with Gasteiger partial charge in [0.05, 0.1) is 12.7 Å². The number of aliphatic carboxylic acids is 1. The van der Waals surface area contributed by atoms with E-state index in [0.717, 1.165) is 60.3 Å². The standard InChI is InChI=1S/C25H28O4/c1-14-5-10-20(16-6-7-16)23(22(14)24(25(26)27)29-17-8-9-17)19-11-12-21-18(15(19)2)4-3-13-28-21/h5,10-12,16-17,24H,3-4,6-9,13H2,1-2H3,(H,26,27). The second-order valence-corrected chi connectivity index (χ2v) is 8.76. The Kier molecular flexibility index (Phi) is 4.62. The van der Waals surface area contributed by atoms with Crippen LogP contribution in [-0.2, 0) is 16.0 Å². The molecule has 4 nitrogen and oxygen atoms in total. The van der Waals surface area contributed by atoms with Gasteiger partial charge in [0.1, 0.15) is 5.75 Å². The molecule has 1 N–H and O–H groups in total. The molecule has 5 rings (SSSR count). The molecule has 0 spiro atoms. The van der Waals surface area contributed by atoms with Crippen molar-refractivity contribution in [1.82, 2.24) is 0 Å². The lowest BCUT2D eigenvalue weighted by atomic mass is 9.83. The summed E-state index contributed by atoms with van der Waals surface area (Å²) in [6, 6.07) is 8.48. The number of fused-ring (bicyclic) bond motifs is 1. The van der Waals surface area contributed by atoms with Gasteiger partial charge in [-0.25, -0.2) is 4.79 Å². The van der Waals surface area contributed by atoms with Crippen LogP contribution in [0.25, 0.3) is 11.1 Å². The first-order valence-corrected chi connectivity index (χ1v) is 10.8. The molecule has 0 bridgehead atoms. The van der Waals surface area contributed by atoms with Crippen molar-refractivity contribution >= 4 is 5.97 Å². The van der Waals surface area contributed by atoms with E-state index in [4.69, 9.17) is 9.47 Å². The van der Waals surface area contributed by atoms with Gasteiger partial charge in [-0.05, 0) is 97.7 Å². The third kappa shape index (κ3) is 3.44. The predicted octanol–water partition coefficient (Wildman–Crippen LogP) is 5.48. The van der Waals surface area contributed by atoms with Crippen molar-refractivity contribution < 1.29 is 19.4 Å². The zero-order valence-electron chi connectivity index (χ0n) is 17.2. The maximum atomic E-state index is 12.3. The van der Waals surface area contributed by atoms with Gasteiger partial charge in [-0.1, -0.05) is 18.2 Å². The summed E-state index contributed by atoms with van der Waals surface area (Å²) in [6.45, 7) is 4.94. The van der Waals surface area contributed by atoms with Crippen LogP contribution in [0.1, 0.15) is 71.9 Å². The molecule has 1 unspecified atom stereocenters. The summed E-state index contributed by atoms with van der Waals surface area (Å²) in [4.78, 5) is 12.3. The van der Waals surface area contributed by atoms with Crippen molar-refractivity contribution in [3.05, 3.63) is 52.1 Å². The van der Waals surface area contributed by atoms with Crippen molar-refractivity contribution in [2.24, 2.45) is 0 Å². The third-order valence-electron chi connectivity index (χ3n) is 6.51. The number of carboxylic acids is 1. The van der Waals surface area contributed by atoms with E-state index >= 15 is 0 Å². The van der Waals surface area contributed by atoms with Gasteiger partial charge >= 0.3 is 5.97 Å². The van der Waals surface area contributed by atoms with E-state index in [1.807, 2.05) is 6.92 Å². The Balaban J connectivity index is 1.73. The number of aryl methyl sites for hydroxylation is 1. The molecule has 0 saturated heterocycles. The van der Waals surface area contributed by atoms with E-state index in [0.29, 0.717) is 5.92 Å². The molecule has 4 heteroatoms. The van der Waals surface area contributed by atoms with Crippen molar-refractivity contribution in [2.45, 2.75) is 70.5 Å². The minimum Gasteiger partial charge on any atom is -0.493 e. The quantitative estimate of drug-likeness (QED) is 0.707. The Morgan fingerprint density at radius 3 is 2.62 bits per heavy atom. The van der Waals surface area contributed by atoms with Gasteiger partial charge in [0.25, 0.3) is 0 Å². The van der Waals surface area contributed by atoms with Crippen LogP contribution in [0.15, 0.2) is 24.3 Å². The third-order valence-corrected chi connectivity index (χ3v) is 6.51. The number of hydrogen-bond acceptors (Lipinski definition) is 3. The molecule has 1 heterocycles. The van der Waals surface area contributed by atoms with Crippen molar-refractivity contribution in [1.29, 1.82) is 0 Å². The Bertz CT molecular complexity index is 969. The van der Waals surface area contributed by atoms with Gasteiger partial charge in [0, 0.05) is 5.56 Å². The average molecular weight is 392 g/mol. The lowest BCUT2D eigenvalue weighted by molar-refractivity contribution is -0.151. The summed E-state index contributed by atoms with van der Waals surface area (Å²) >= 11 is 0. The number of hydrogen-bond donors (Lipinski definition) is 1. The van der Waals surface area contributed by atoms with Gasteiger partial charge in [-0.15, -0.1) is 0 Å². The van der Waals surface area contributed by atoms with Crippen molar-refractivity contribution in [3.8, 4) is 16.9 Å². The highest BCUT2D eigenvalue weighted by atomic mass is 16.5. The normalized spacial score (nSPS) is 19.4. The average Bonchev–Trinajstić information content (AvgIpc) is 3.61. The van der Waals surface area contributed by atoms with Gasteiger partial charge in [-0.2, -0.15) is 0 Å². The Morgan fingerprint density at radius 2 is 1.93 bits per heavy atom. The molecular formula is C25H28O4. The maximum Gasteiger partial charge on any atom is 0.337 e. The molecule has 2 aromatic rings. The highest BCUT2D eigenvalue weighted by Gasteiger charge is 2.37. The highest BCUT2D eigenvalue weighted by Crippen LogP contribution is 2.49. The number of rotatable bonds is 6. The SMILES string of the molecule is Cc1ccc(C2CC2)c(-c2ccc3c(c2C)CCCO3)c1C(OC1CC1)C(=O)O. The van der Waals surface area contributed by atoms with Crippen LogP contribution in [0.5, 0.6) is 5.75 Å². The van der Waals surface area contributed by atoms with E-state index < -0.39 is 12.1 Å². The predicted molar refractivity (Wildman–Crippen MR) is 112 cm³/mol. The van der Waals surface area contributed by atoms with Crippen LogP contribution in [0, 0.1) is 13.8 Å². The molecule has 2 aliphatic carbocycles. The smallest absolute Gasteiger partial charge is 0.337 e. The van der Waals surface area contributed by atoms with Gasteiger partial charge in [0.2, 0.25) is 0 Å². The molecule has 0 amide bonds. The van der Waals surface area contributed by atoms with E-state index in [-0.39, 0.29) is 6.10 Å². The molecule has 152 valence electrons. The van der Waals surface area contributed by atoms with Gasteiger partial charge < -0.3 is 14.6 Å². The molecule has 1 aliphatic heterocycles. The molecule has 0 radical (unpaired) electrons. The van der Waals surface area contributed by atoms with E-state index in [1.165, 1.54) is 29.5 Å². The largest absolute Gasteiger partial charge is 0.493 e. The van der Waals surface area contributed by atoms with Crippen LogP contribution in [-0.4, -0.2) is 23.8 Å². The lowest BCUT2D eigenvalue weighted by Gasteiger charge is -2.26. The molecule has 1 atom stereocenters. The minimum absolute atomic E-state index is 0.0750. The minimum atomic E-state index is -0.914. The van der Waals surface area contributed by atoms with Gasteiger partial charge in [0.15, 0.2) is 6.10 Å².